The molecule has 0 spiro atoms. The molecule has 6 heteroatoms. The van der Waals surface area contributed by atoms with Crippen LogP contribution < -0.4 is 10.2 Å². The smallest absolute Gasteiger partial charge is 0.335 e. The van der Waals surface area contributed by atoms with Crippen LogP contribution in [0.3, 0.4) is 0 Å². The van der Waals surface area contributed by atoms with Crippen molar-refractivity contribution in [2.75, 3.05) is 10.2 Å². The number of aryl methyl sites for hydroxylation is 1. The molecule has 1 aliphatic heterocycles. The molecule has 24 heavy (non-hydrogen) atoms. The predicted octanol–water partition coefficient (Wildman–Crippen LogP) is 2.44. The monoisotopic (exact) mass is 324 g/mol. The van der Waals surface area contributed by atoms with Gasteiger partial charge in [0.25, 0.3) is 5.91 Å². The second-order valence-corrected chi connectivity index (χ2v) is 5.69. The van der Waals surface area contributed by atoms with E-state index < -0.39 is 12.0 Å². The van der Waals surface area contributed by atoms with Gasteiger partial charge in [-0.05, 0) is 43.3 Å². The quantitative estimate of drug-likeness (QED) is 0.844. The second-order valence-electron chi connectivity index (χ2n) is 5.69. The summed E-state index contributed by atoms with van der Waals surface area (Å²) in [6, 6.07) is 12.6. The standard InChI is InChI=1S/C18H16N2O4/c1-11-2-6-13(7-3-11)19-15-10-16(21)20(17(15)22)14-8-4-12(5-9-14)18(23)24/h2-9,15,19H,10H2,1H3,(H,23,24)/t15-/m1/s1. The number of imide groups is 1. The van der Waals surface area contributed by atoms with Gasteiger partial charge in [-0.2, -0.15) is 0 Å². The minimum atomic E-state index is -1.06. The van der Waals surface area contributed by atoms with Crippen LogP contribution in [0.25, 0.3) is 0 Å². The number of carboxylic acids is 1. The first-order valence-electron chi connectivity index (χ1n) is 7.49. The molecule has 0 saturated carbocycles. The molecule has 1 saturated heterocycles. The molecule has 0 aromatic heterocycles. The number of carbonyl (C=O) groups excluding carboxylic acids is 2. The molecule has 2 aromatic carbocycles. The molecule has 122 valence electrons. The Morgan fingerprint density at radius 2 is 1.71 bits per heavy atom. The minimum absolute atomic E-state index is 0.0629. The van der Waals surface area contributed by atoms with Gasteiger partial charge in [-0.25, -0.2) is 9.69 Å². The Kier molecular flexibility index (Phi) is 4.04. The Bertz CT molecular complexity index is 797. The molecule has 1 aliphatic rings. The second kappa shape index (κ2) is 6.16. The molecule has 2 amide bonds. The first kappa shape index (κ1) is 15.7. The average molecular weight is 324 g/mol. The molecule has 0 aliphatic carbocycles. The predicted molar refractivity (Wildman–Crippen MR) is 89.1 cm³/mol. The summed E-state index contributed by atoms with van der Waals surface area (Å²) >= 11 is 0. The number of carbonyl (C=O) groups is 3. The number of hydrogen-bond donors (Lipinski definition) is 2. The van der Waals surface area contributed by atoms with E-state index in [1.165, 1.54) is 24.3 Å². The Morgan fingerprint density at radius 1 is 1.08 bits per heavy atom. The van der Waals surface area contributed by atoms with Gasteiger partial charge >= 0.3 is 5.97 Å². The van der Waals surface area contributed by atoms with E-state index >= 15 is 0 Å². The van der Waals surface area contributed by atoms with Crippen LogP contribution in [0, 0.1) is 6.92 Å². The molecule has 2 N–H and O–H groups in total. The third kappa shape index (κ3) is 2.99. The first-order valence-corrected chi connectivity index (χ1v) is 7.49. The van der Waals surface area contributed by atoms with Gasteiger partial charge in [-0.1, -0.05) is 17.7 Å². The highest BCUT2D eigenvalue weighted by Crippen LogP contribution is 2.25. The number of nitrogens with zero attached hydrogens (tertiary/aromatic N) is 1. The highest BCUT2D eigenvalue weighted by Gasteiger charge is 2.39. The summed E-state index contributed by atoms with van der Waals surface area (Å²) in [7, 11) is 0. The van der Waals surface area contributed by atoms with Gasteiger partial charge in [0.05, 0.1) is 17.7 Å². The lowest BCUT2D eigenvalue weighted by molar-refractivity contribution is -0.121. The van der Waals surface area contributed by atoms with E-state index in [4.69, 9.17) is 5.11 Å². The van der Waals surface area contributed by atoms with E-state index in [0.29, 0.717) is 5.69 Å². The van der Waals surface area contributed by atoms with E-state index in [9.17, 15) is 14.4 Å². The Hall–Kier alpha value is -3.15. The zero-order chi connectivity index (χ0) is 17.3. The molecule has 1 heterocycles. The van der Waals surface area contributed by atoms with Crippen molar-refractivity contribution < 1.29 is 19.5 Å². The normalized spacial score (nSPS) is 17.2. The van der Waals surface area contributed by atoms with E-state index in [-0.39, 0.29) is 23.8 Å². The van der Waals surface area contributed by atoms with Gasteiger partial charge in [0, 0.05) is 5.69 Å². The van der Waals surface area contributed by atoms with Crippen molar-refractivity contribution in [2.45, 2.75) is 19.4 Å². The fraction of sp³-hybridized carbons (Fsp3) is 0.167. The van der Waals surface area contributed by atoms with Gasteiger partial charge in [0.1, 0.15) is 6.04 Å². The largest absolute Gasteiger partial charge is 0.478 e. The number of anilines is 2. The summed E-state index contributed by atoms with van der Waals surface area (Å²) < 4.78 is 0. The third-order valence-corrected chi connectivity index (χ3v) is 3.91. The van der Waals surface area contributed by atoms with Crippen molar-refractivity contribution in [1.29, 1.82) is 0 Å². The Morgan fingerprint density at radius 3 is 2.29 bits per heavy atom. The Balaban J connectivity index is 1.78. The van der Waals surface area contributed by atoms with Gasteiger partial charge in [0.15, 0.2) is 0 Å². The maximum Gasteiger partial charge on any atom is 0.335 e. The first-order chi connectivity index (χ1) is 11.5. The lowest BCUT2D eigenvalue weighted by atomic mass is 10.2. The molecular weight excluding hydrogens is 308 g/mol. The molecular formula is C18H16N2O4. The van der Waals surface area contributed by atoms with Gasteiger partial charge in [0.2, 0.25) is 5.91 Å². The van der Waals surface area contributed by atoms with Crippen LogP contribution in [-0.2, 0) is 9.59 Å². The Labute approximate surface area is 138 Å². The van der Waals surface area contributed by atoms with Crippen molar-refractivity contribution >= 4 is 29.2 Å². The van der Waals surface area contributed by atoms with Crippen molar-refractivity contribution in [1.82, 2.24) is 0 Å². The summed E-state index contributed by atoms with van der Waals surface area (Å²) in [5.74, 6) is -1.71. The maximum absolute atomic E-state index is 12.5. The van der Waals surface area contributed by atoms with E-state index in [2.05, 4.69) is 5.32 Å². The van der Waals surface area contributed by atoms with E-state index in [1.54, 1.807) is 0 Å². The fourth-order valence-corrected chi connectivity index (χ4v) is 2.62. The van der Waals surface area contributed by atoms with Gasteiger partial charge < -0.3 is 10.4 Å². The third-order valence-electron chi connectivity index (χ3n) is 3.91. The number of amides is 2. The summed E-state index contributed by atoms with van der Waals surface area (Å²) in [6.07, 6.45) is 0.0629. The van der Waals surface area contributed by atoms with Crippen LogP contribution in [0.1, 0.15) is 22.3 Å². The van der Waals surface area contributed by atoms with Crippen LogP contribution in [-0.4, -0.2) is 28.9 Å². The molecule has 0 unspecified atom stereocenters. The summed E-state index contributed by atoms with van der Waals surface area (Å²) in [5.41, 5.74) is 2.36. The zero-order valence-corrected chi connectivity index (χ0v) is 13.0. The van der Waals surface area contributed by atoms with Crippen LogP contribution >= 0.6 is 0 Å². The summed E-state index contributed by atoms with van der Waals surface area (Å²) in [4.78, 5) is 36.7. The lowest BCUT2D eigenvalue weighted by Gasteiger charge is -2.16. The minimum Gasteiger partial charge on any atom is -0.478 e. The maximum atomic E-state index is 12.5. The van der Waals surface area contributed by atoms with E-state index in [1.807, 2.05) is 31.2 Å². The zero-order valence-electron chi connectivity index (χ0n) is 13.0. The molecule has 2 aromatic rings. The van der Waals surface area contributed by atoms with Gasteiger partial charge in [-0.15, -0.1) is 0 Å². The number of aromatic carboxylic acids is 1. The summed E-state index contributed by atoms with van der Waals surface area (Å²) in [5, 5.41) is 12.0. The van der Waals surface area contributed by atoms with Gasteiger partial charge in [-0.3, -0.25) is 9.59 Å². The number of rotatable bonds is 4. The van der Waals surface area contributed by atoms with Crippen LogP contribution in [0.15, 0.2) is 48.5 Å². The average Bonchev–Trinajstić information content (AvgIpc) is 2.83. The summed E-state index contributed by atoms with van der Waals surface area (Å²) in [6.45, 7) is 1.97. The van der Waals surface area contributed by atoms with Crippen molar-refractivity contribution in [3.05, 3.63) is 59.7 Å². The number of benzene rings is 2. The molecule has 3 rings (SSSR count). The number of carboxylic acid groups (broad SMARTS) is 1. The topological polar surface area (TPSA) is 86.7 Å². The van der Waals surface area contributed by atoms with Crippen LogP contribution in [0.2, 0.25) is 0 Å². The van der Waals surface area contributed by atoms with Crippen LogP contribution in [0.4, 0.5) is 11.4 Å². The molecule has 1 atom stereocenters. The highest BCUT2D eigenvalue weighted by molar-refractivity contribution is 6.23. The van der Waals surface area contributed by atoms with Crippen molar-refractivity contribution in [2.24, 2.45) is 0 Å². The SMILES string of the molecule is Cc1ccc(N[C@@H]2CC(=O)N(c3ccc(C(=O)O)cc3)C2=O)cc1. The molecule has 0 radical (unpaired) electrons. The highest BCUT2D eigenvalue weighted by atomic mass is 16.4. The van der Waals surface area contributed by atoms with E-state index in [0.717, 1.165) is 16.2 Å². The molecule has 1 fully saturated rings. The van der Waals surface area contributed by atoms with Crippen molar-refractivity contribution in [3.8, 4) is 0 Å². The molecule has 0 bridgehead atoms. The van der Waals surface area contributed by atoms with Crippen LogP contribution in [0.5, 0.6) is 0 Å². The lowest BCUT2D eigenvalue weighted by Crippen LogP contribution is -2.34. The molecule has 6 nitrogen and oxygen atoms in total. The number of nitrogens with one attached hydrogen (secondary N) is 1. The van der Waals surface area contributed by atoms with Crippen molar-refractivity contribution in [3.63, 3.8) is 0 Å². The fourth-order valence-electron chi connectivity index (χ4n) is 2.62. The number of hydrogen-bond acceptors (Lipinski definition) is 4.